The predicted molar refractivity (Wildman–Crippen MR) is 81.7 cm³/mol. The second-order valence-corrected chi connectivity index (χ2v) is 6.53. The van der Waals surface area contributed by atoms with Crippen molar-refractivity contribution in [3.05, 3.63) is 22.1 Å². The Morgan fingerprint density at radius 3 is 3.05 bits per heavy atom. The fraction of sp³-hybridized carbons (Fsp3) is 0.643. The maximum Gasteiger partial charge on any atom is 0.324 e. The lowest BCUT2D eigenvalue weighted by molar-refractivity contribution is -0.146. The van der Waals surface area contributed by atoms with Crippen molar-refractivity contribution in [2.45, 2.75) is 43.3 Å². The van der Waals surface area contributed by atoms with Gasteiger partial charge in [-0.05, 0) is 39.2 Å². The standard InChI is InChI=1S/C14H21N3O3S/c1-9-8-11(18)17-13(16-9)21-7-5-10-4-3-6-14(10,15-2)12(19)20/h8,10,15H,3-7H2,1-2H3,(H,19,20)(H,16,17,18). The number of rotatable bonds is 6. The third-order valence-corrected chi connectivity index (χ3v) is 5.11. The fourth-order valence-electron chi connectivity index (χ4n) is 3.10. The van der Waals surface area contributed by atoms with Crippen LogP contribution < -0.4 is 10.9 Å². The summed E-state index contributed by atoms with van der Waals surface area (Å²) >= 11 is 1.47. The summed E-state index contributed by atoms with van der Waals surface area (Å²) in [6.07, 6.45) is 3.32. The Balaban J connectivity index is 1.96. The molecular weight excluding hydrogens is 290 g/mol. The van der Waals surface area contributed by atoms with Gasteiger partial charge in [-0.3, -0.25) is 9.59 Å². The molecule has 1 aromatic rings. The molecule has 0 saturated heterocycles. The Morgan fingerprint density at radius 2 is 2.43 bits per heavy atom. The summed E-state index contributed by atoms with van der Waals surface area (Å²) in [6, 6.07) is 1.46. The third kappa shape index (κ3) is 3.47. The smallest absolute Gasteiger partial charge is 0.324 e. The number of hydrogen-bond donors (Lipinski definition) is 3. The number of thioether (sulfide) groups is 1. The van der Waals surface area contributed by atoms with Crippen molar-refractivity contribution in [2.24, 2.45) is 5.92 Å². The number of carboxylic acid groups (broad SMARTS) is 1. The monoisotopic (exact) mass is 311 g/mol. The number of aromatic amines is 1. The number of nitrogens with zero attached hydrogens (tertiary/aromatic N) is 1. The van der Waals surface area contributed by atoms with Crippen LogP contribution in [0.15, 0.2) is 16.0 Å². The van der Waals surface area contributed by atoms with Gasteiger partial charge in [0.25, 0.3) is 5.56 Å². The van der Waals surface area contributed by atoms with Gasteiger partial charge in [0.15, 0.2) is 5.16 Å². The second kappa shape index (κ2) is 6.62. The van der Waals surface area contributed by atoms with Gasteiger partial charge in [0.05, 0.1) is 0 Å². The lowest BCUT2D eigenvalue weighted by atomic mass is 9.85. The van der Waals surface area contributed by atoms with E-state index in [-0.39, 0.29) is 11.5 Å². The summed E-state index contributed by atoms with van der Waals surface area (Å²) in [4.78, 5) is 29.9. The average Bonchev–Trinajstić information content (AvgIpc) is 2.82. The molecule has 1 aliphatic rings. The van der Waals surface area contributed by atoms with Crippen LogP contribution in [-0.4, -0.2) is 39.4 Å². The van der Waals surface area contributed by atoms with Gasteiger partial charge in [0.1, 0.15) is 5.54 Å². The first-order valence-electron chi connectivity index (χ1n) is 7.11. The molecule has 2 atom stereocenters. The van der Waals surface area contributed by atoms with Crippen LogP contribution in [0.25, 0.3) is 0 Å². The number of likely N-dealkylation sites (N-methyl/N-ethyl adjacent to an activating group) is 1. The van der Waals surface area contributed by atoms with Crippen LogP contribution in [0.4, 0.5) is 0 Å². The number of aryl methyl sites for hydroxylation is 1. The summed E-state index contributed by atoms with van der Waals surface area (Å²) in [6.45, 7) is 1.78. The molecule has 0 radical (unpaired) electrons. The highest BCUT2D eigenvalue weighted by Crippen LogP contribution is 2.38. The lowest BCUT2D eigenvalue weighted by Gasteiger charge is -2.30. The molecule has 0 aliphatic heterocycles. The molecule has 2 unspecified atom stereocenters. The summed E-state index contributed by atoms with van der Waals surface area (Å²) in [7, 11) is 1.72. The van der Waals surface area contributed by atoms with Gasteiger partial charge in [0.2, 0.25) is 0 Å². The molecule has 1 fully saturated rings. The molecule has 3 N–H and O–H groups in total. The molecule has 1 aromatic heterocycles. The van der Waals surface area contributed by atoms with E-state index in [9.17, 15) is 14.7 Å². The van der Waals surface area contributed by atoms with Crippen LogP contribution in [0.1, 0.15) is 31.4 Å². The topological polar surface area (TPSA) is 95.1 Å². The molecule has 0 bridgehead atoms. The fourth-order valence-corrected chi connectivity index (χ4v) is 4.08. The number of carboxylic acids is 1. The van der Waals surface area contributed by atoms with E-state index in [1.54, 1.807) is 14.0 Å². The number of carbonyl (C=O) groups is 1. The van der Waals surface area contributed by atoms with E-state index in [1.807, 2.05) is 0 Å². The van der Waals surface area contributed by atoms with Gasteiger partial charge in [-0.15, -0.1) is 0 Å². The van der Waals surface area contributed by atoms with Gasteiger partial charge < -0.3 is 15.4 Å². The van der Waals surface area contributed by atoms with Gasteiger partial charge >= 0.3 is 5.97 Å². The first-order valence-corrected chi connectivity index (χ1v) is 8.09. The van der Waals surface area contributed by atoms with Crippen molar-refractivity contribution in [2.75, 3.05) is 12.8 Å². The minimum absolute atomic E-state index is 0.115. The van der Waals surface area contributed by atoms with Crippen molar-refractivity contribution in [3.8, 4) is 0 Å². The molecule has 7 heteroatoms. The Bertz CT molecular complexity index is 575. The van der Waals surface area contributed by atoms with E-state index in [0.717, 1.165) is 25.0 Å². The SMILES string of the molecule is CNC1(C(=O)O)CCCC1CCSc1nc(C)cc(=O)[nH]1. The molecule has 0 amide bonds. The highest BCUT2D eigenvalue weighted by atomic mass is 32.2. The highest BCUT2D eigenvalue weighted by molar-refractivity contribution is 7.99. The van der Waals surface area contributed by atoms with Crippen LogP contribution in [0.3, 0.4) is 0 Å². The Hall–Kier alpha value is -1.34. The molecule has 1 aliphatic carbocycles. The number of aromatic nitrogens is 2. The van der Waals surface area contributed by atoms with Gasteiger partial charge in [0, 0.05) is 17.5 Å². The van der Waals surface area contributed by atoms with Crippen LogP contribution in [0.2, 0.25) is 0 Å². The number of hydrogen-bond acceptors (Lipinski definition) is 5. The maximum atomic E-state index is 11.6. The Kier molecular flexibility index (Phi) is 5.05. The van der Waals surface area contributed by atoms with Crippen LogP contribution in [0.5, 0.6) is 0 Å². The summed E-state index contributed by atoms with van der Waals surface area (Å²) in [5, 5.41) is 13.1. The largest absolute Gasteiger partial charge is 0.480 e. The molecule has 21 heavy (non-hydrogen) atoms. The zero-order valence-corrected chi connectivity index (χ0v) is 13.1. The van der Waals surface area contributed by atoms with E-state index in [2.05, 4.69) is 15.3 Å². The normalized spacial score (nSPS) is 25.1. The van der Waals surface area contributed by atoms with E-state index >= 15 is 0 Å². The average molecular weight is 311 g/mol. The van der Waals surface area contributed by atoms with Gasteiger partial charge in [-0.2, -0.15) is 0 Å². The third-order valence-electron chi connectivity index (χ3n) is 4.20. The van der Waals surface area contributed by atoms with Crippen molar-refractivity contribution >= 4 is 17.7 Å². The zero-order chi connectivity index (χ0) is 15.5. The summed E-state index contributed by atoms with van der Waals surface area (Å²) in [5.74, 6) is 0.0944. The Labute approximate surface area is 127 Å². The van der Waals surface area contributed by atoms with E-state index in [4.69, 9.17) is 0 Å². The van der Waals surface area contributed by atoms with E-state index < -0.39 is 11.5 Å². The van der Waals surface area contributed by atoms with Crippen LogP contribution >= 0.6 is 11.8 Å². The quantitative estimate of drug-likeness (QED) is 0.543. The predicted octanol–water partition coefficient (Wildman–Crippen LogP) is 1.40. The molecule has 0 aromatic carbocycles. The Morgan fingerprint density at radius 1 is 1.67 bits per heavy atom. The maximum absolute atomic E-state index is 11.6. The molecule has 1 saturated carbocycles. The van der Waals surface area contributed by atoms with Crippen molar-refractivity contribution in [1.29, 1.82) is 0 Å². The molecule has 6 nitrogen and oxygen atoms in total. The first kappa shape index (κ1) is 16.0. The number of H-pyrrole nitrogens is 1. The molecule has 1 heterocycles. The minimum atomic E-state index is -0.798. The minimum Gasteiger partial charge on any atom is -0.480 e. The van der Waals surface area contributed by atoms with E-state index in [0.29, 0.717) is 17.3 Å². The summed E-state index contributed by atoms with van der Waals surface area (Å²) < 4.78 is 0. The molecule has 0 spiro atoms. The van der Waals surface area contributed by atoms with Crippen molar-refractivity contribution < 1.29 is 9.90 Å². The van der Waals surface area contributed by atoms with Gasteiger partial charge in [-0.1, -0.05) is 18.2 Å². The number of aliphatic carboxylic acids is 1. The number of nitrogens with one attached hydrogen (secondary N) is 2. The molecule has 116 valence electrons. The van der Waals surface area contributed by atoms with Gasteiger partial charge in [-0.25, -0.2) is 4.98 Å². The lowest BCUT2D eigenvalue weighted by Crippen LogP contribution is -2.53. The van der Waals surface area contributed by atoms with Crippen molar-refractivity contribution in [3.63, 3.8) is 0 Å². The van der Waals surface area contributed by atoms with E-state index in [1.165, 1.54) is 17.8 Å². The molecule has 2 rings (SSSR count). The second-order valence-electron chi connectivity index (χ2n) is 5.44. The van der Waals surface area contributed by atoms with Crippen LogP contribution in [0, 0.1) is 12.8 Å². The molecular formula is C14H21N3O3S. The zero-order valence-electron chi connectivity index (χ0n) is 12.3. The van der Waals surface area contributed by atoms with Crippen molar-refractivity contribution in [1.82, 2.24) is 15.3 Å². The summed E-state index contributed by atoms with van der Waals surface area (Å²) in [5.41, 5.74) is -0.258. The first-order chi connectivity index (χ1) is 9.98. The van der Waals surface area contributed by atoms with Crippen LogP contribution in [-0.2, 0) is 4.79 Å². The highest BCUT2D eigenvalue weighted by Gasteiger charge is 2.47.